The van der Waals surface area contributed by atoms with Gasteiger partial charge in [-0.2, -0.15) is 0 Å². The van der Waals surface area contributed by atoms with E-state index in [2.05, 4.69) is 22.4 Å². The van der Waals surface area contributed by atoms with Gasteiger partial charge < -0.3 is 9.84 Å². The predicted molar refractivity (Wildman–Crippen MR) is 50.0 cm³/mol. The standard InChI is InChI=1S/C9H13N3O/c1-5-4-10-9(11-5)8-6(2)12-13-7(8)3/h5H,4H2,1-3H3,(H,10,11). The molecule has 0 amide bonds. The fraction of sp³-hybridized carbons (Fsp3) is 0.556. The molecule has 1 unspecified atom stereocenters. The predicted octanol–water partition coefficient (Wildman–Crippen LogP) is 1.03. The molecule has 2 heterocycles. The van der Waals surface area contributed by atoms with Crippen molar-refractivity contribution in [3.63, 3.8) is 0 Å². The summed E-state index contributed by atoms with van der Waals surface area (Å²) in [4.78, 5) is 4.39. The molecule has 1 aliphatic rings. The fourth-order valence-electron chi connectivity index (χ4n) is 1.53. The first-order valence-corrected chi connectivity index (χ1v) is 4.42. The van der Waals surface area contributed by atoms with Gasteiger partial charge in [-0.1, -0.05) is 5.16 Å². The van der Waals surface area contributed by atoms with Gasteiger partial charge in [-0.15, -0.1) is 0 Å². The van der Waals surface area contributed by atoms with E-state index in [0.717, 1.165) is 29.4 Å². The van der Waals surface area contributed by atoms with Crippen molar-refractivity contribution in [1.82, 2.24) is 10.5 Å². The average molecular weight is 179 g/mol. The molecule has 13 heavy (non-hydrogen) atoms. The summed E-state index contributed by atoms with van der Waals surface area (Å²) < 4.78 is 5.07. The summed E-state index contributed by atoms with van der Waals surface area (Å²) in [6.07, 6.45) is 0. The van der Waals surface area contributed by atoms with E-state index in [1.165, 1.54) is 0 Å². The lowest BCUT2D eigenvalue weighted by molar-refractivity contribution is 0.393. The molecule has 0 fully saturated rings. The molecule has 0 aromatic carbocycles. The van der Waals surface area contributed by atoms with E-state index in [9.17, 15) is 0 Å². The van der Waals surface area contributed by atoms with Crippen LogP contribution < -0.4 is 5.32 Å². The molecule has 70 valence electrons. The van der Waals surface area contributed by atoms with Crippen molar-refractivity contribution < 1.29 is 4.52 Å². The maximum Gasteiger partial charge on any atom is 0.144 e. The topological polar surface area (TPSA) is 50.4 Å². The third-order valence-electron chi connectivity index (χ3n) is 2.18. The van der Waals surface area contributed by atoms with Gasteiger partial charge in [-0.05, 0) is 20.8 Å². The van der Waals surface area contributed by atoms with Crippen LogP contribution in [-0.2, 0) is 0 Å². The highest BCUT2D eigenvalue weighted by Crippen LogP contribution is 2.14. The number of hydrogen-bond donors (Lipinski definition) is 1. The number of nitrogens with zero attached hydrogens (tertiary/aromatic N) is 2. The van der Waals surface area contributed by atoms with Gasteiger partial charge >= 0.3 is 0 Å². The molecule has 1 N–H and O–H groups in total. The number of hydrogen-bond acceptors (Lipinski definition) is 4. The van der Waals surface area contributed by atoms with Crippen LogP contribution >= 0.6 is 0 Å². The smallest absolute Gasteiger partial charge is 0.144 e. The lowest BCUT2D eigenvalue weighted by atomic mass is 10.2. The van der Waals surface area contributed by atoms with Crippen LogP contribution in [0.15, 0.2) is 9.52 Å². The first kappa shape index (κ1) is 8.29. The van der Waals surface area contributed by atoms with E-state index < -0.39 is 0 Å². The Morgan fingerprint density at radius 2 is 2.23 bits per heavy atom. The van der Waals surface area contributed by atoms with Crippen molar-refractivity contribution in [3.8, 4) is 0 Å². The maximum atomic E-state index is 5.07. The van der Waals surface area contributed by atoms with Crippen LogP contribution in [0.25, 0.3) is 0 Å². The van der Waals surface area contributed by atoms with Gasteiger partial charge in [0.2, 0.25) is 0 Å². The van der Waals surface area contributed by atoms with Gasteiger partial charge in [-0.3, -0.25) is 4.99 Å². The van der Waals surface area contributed by atoms with Crippen molar-refractivity contribution in [2.45, 2.75) is 26.8 Å². The molecule has 1 aromatic heterocycles. The lowest BCUT2D eigenvalue weighted by Crippen LogP contribution is -2.28. The highest BCUT2D eigenvalue weighted by Gasteiger charge is 2.20. The summed E-state index contributed by atoms with van der Waals surface area (Å²) >= 11 is 0. The van der Waals surface area contributed by atoms with Crippen LogP contribution in [0.5, 0.6) is 0 Å². The summed E-state index contributed by atoms with van der Waals surface area (Å²) in [5.41, 5.74) is 1.92. The molecule has 0 saturated heterocycles. The van der Waals surface area contributed by atoms with Crippen molar-refractivity contribution in [2.75, 3.05) is 6.54 Å². The molecular weight excluding hydrogens is 166 g/mol. The van der Waals surface area contributed by atoms with Crippen molar-refractivity contribution in [1.29, 1.82) is 0 Å². The second-order valence-electron chi connectivity index (χ2n) is 3.43. The van der Waals surface area contributed by atoms with Gasteiger partial charge in [-0.25, -0.2) is 0 Å². The third kappa shape index (κ3) is 1.32. The molecular formula is C9H13N3O. The van der Waals surface area contributed by atoms with Crippen LogP contribution in [0, 0.1) is 13.8 Å². The Morgan fingerprint density at radius 3 is 2.69 bits per heavy atom. The number of amidine groups is 1. The van der Waals surface area contributed by atoms with Gasteiger partial charge in [0.15, 0.2) is 0 Å². The summed E-state index contributed by atoms with van der Waals surface area (Å²) in [6, 6.07) is 0.420. The molecule has 4 heteroatoms. The monoisotopic (exact) mass is 179 g/mol. The van der Waals surface area contributed by atoms with E-state index in [1.807, 2.05) is 13.8 Å². The van der Waals surface area contributed by atoms with E-state index in [-0.39, 0.29) is 0 Å². The Balaban J connectivity index is 2.36. The minimum absolute atomic E-state index is 0.420. The zero-order valence-corrected chi connectivity index (χ0v) is 8.09. The van der Waals surface area contributed by atoms with Crippen molar-refractivity contribution in [3.05, 3.63) is 17.0 Å². The van der Waals surface area contributed by atoms with Crippen molar-refractivity contribution in [2.24, 2.45) is 4.99 Å². The normalized spacial score (nSPS) is 21.5. The molecule has 1 aromatic rings. The molecule has 0 bridgehead atoms. The molecule has 1 aliphatic heterocycles. The molecule has 4 nitrogen and oxygen atoms in total. The molecule has 0 spiro atoms. The third-order valence-corrected chi connectivity index (χ3v) is 2.18. The SMILES string of the molecule is Cc1noc(C)c1C1=NCC(C)N1. The van der Waals surface area contributed by atoms with Crippen LogP contribution in [0.1, 0.15) is 23.9 Å². The Hall–Kier alpha value is -1.32. The highest BCUT2D eigenvalue weighted by atomic mass is 16.5. The van der Waals surface area contributed by atoms with Crippen LogP contribution in [0.3, 0.4) is 0 Å². The lowest BCUT2D eigenvalue weighted by Gasteiger charge is -2.04. The van der Waals surface area contributed by atoms with Crippen LogP contribution in [0.4, 0.5) is 0 Å². The Morgan fingerprint density at radius 1 is 1.46 bits per heavy atom. The summed E-state index contributed by atoms with van der Waals surface area (Å²) in [5.74, 6) is 1.75. The summed E-state index contributed by atoms with van der Waals surface area (Å²) in [6.45, 7) is 6.77. The number of aromatic nitrogens is 1. The minimum Gasteiger partial charge on any atom is -0.365 e. The minimum atomic E-state index is 0.420. The largest absolute Gasteiger partial charge is 0.365 e. The zero-order valence-electron chi connectivity index (χ0n) is 8.09. The van der Waals surface area contributed by atoms with E-state index in [1.54, 1.807) is 0 Å². The van der Waals surface area contributed by atoms with E-state index >= 15 is 0 Å². The van der Waals surface area contributed by atoms with Crippen LogP contribution in [-0.4, -0.2) is 23.6 Å². The molecule has 0 radical (unpaired) electrons. The quantitative estimate of drug-likeness (QED) is 0.700. The van der Waals surface area contributed by atoms with Crippen molar-refractivity contribution >= 4 is 5.84 Å². The van der Waals surface area contributed by atoms with E-state index in [0.29, 0.717) is 6.04 Å². The van der Waals surface area contributed by atoms with Gasteiger partial charge in [0.1, 0.15) is 11.6 Å². The van der Waals surface area contributed by atoms with Gasteiger partial charge in [0, 0.05) is 6.04 Å². The second kappa shape index (κ2) is 2.87. The molecule has 0 saturated carbocycles. The van der Waals surface area contributed by atoms with Gasteiger partial charge in [0.25, 0.3) is 0 Å². The molecule has 1 atom stereocenters. The highest BCUT2D eigenvalue weighted by molar-refractivity contribution is 6.01. The summed E-state index contributed by atoms with van der Waals surface area (Å²) in [5, 5.41) is 7.18. The number of rotatable bonds is 1. The average Bonchev–Trinajstić information content (AvgIpc) is 2.60. The first-order chi connectivity index (χ1) is 6.18. The molecule has 0 aliphatic carbocycles. The van der Waals surface area contributed by atoms with E-state index in [4.69, 9.17) is 4.52 Å². The fourth-order valence-corrected chi connectivity index (χ4v) is 1.53. The zero-order chi connectivity index (χ0) is 9.42. The number of aryl methyl sites for hydroxylation is 2. The number of aliphatic imine (C=N–C) groups is 1. The maximum absolute atomic E-state index is 5.07. The number of nitrogens with one attached hydrogen (secondary N) is 1. The summed E-state index contributed by atoms with van der Waals surface area (Å²) in [7, 11) is 0. The Kier molecular flexibility index (Phi) is 1.83. The van der Waals surface area contributed by atoms with Crippen LogP contribution in [0.2, 0.25) is 0 Å². The van der Waals surface area contributed by atoms with Gasteiger partial charge in [0.05, 0.1) is 17.8 Å². The first-order valence-electron chi connectivity index (χ1n) is 4.42. The Labute approximate surface area is 77.0 Å². The second-order valence-corrected chi connectivity index (χ2v) is 3.43. The molecule has 2 rings (SSSR count). The Bertz CT molecular complexity index is 334.